The molecule has 0 bridgehead atoms. The summed E-state index contributed by atoms with van der Waals surface area (Å²) in [5, 5.41) is 26.2. The maximum Gasteiger partial charge on any atom is 0.181 e. The number of phenolic OH excluding ortho intramolecular Hbond substituents is 1. The topological polar surface area (TPSA) is 103 Å². The summed E-state index contributed by atoms with van der Waals surface area (Å²) in [7, 11) is 0. The molecule has 1 aliphatic heterocycles. The standard InChI is InChI=1S/C27H30N4O4/c1-16(2)35-19-8-10-23-21(15-19)26(30-31(23)25-6-4-5-13-34-25)27-28-12-11-22(29-27)20-9-7-18(17(3)32)14-24(20)33/h7-12,14-17,25,32-33H,4-6,13H2,1-3H3. The molecule has 2 N–H and O–H groups in total. The van der Waals surface area contributed by atoms with Crippen molar-refractivity contribution in [3.05, 3.63) is 54.2 Å². The van der Waals surface area contributed by atoms with Gasteiger partial charge in [0, 0.05) is 23.8 Å². The zero-order valence-corrected chi connectivity index (χ0v) is 20.2. The molecule has 0 saturated carbocycles. The fraction of sp³-hybridized carbons (Fsp3) is 0.370. The van der Waals surface area contributed by atoms with E-state index in [-0.39, 0.29) is 18.1 Å². The fourth-order valence-electron chi connectivity index (χ4n) is 4.41. The number of aliphatic hydroxyl groups excluding tert-OH is 1. The molecule has 8 heteroatoms. The maximum absolute atomic E-state index is 10.6. The Kier molecular flexibility index (Phi) is 6.40. The lowest BCUT2D eigenvalue weighted by Crippen LogP contribution is -2.19. The number of phenols is 1. The predicted octanol–water partition coefficient (Wildman–Crippen LogP) is 5.41. The molecule has 0 amide bonds. The molecule has 4 aromatic rings. The molecular weight excluding hydrogens is 444 g/mol. The van der Waals surface area contributed by atoms with Crippen LogP contribution in [0.25, 0.3) is 33.7 Å². The fourth-order valence-corrected chi connectivity index (χ4v) is 4.41. The van der Waals surface area contributed by atoms with Gasteiger partial charge in [0.1, 0.15) is 17.2 Å². The first kappa shape index (κ1) is 23.3. The first-order valence-electron chi connectivity index (χ1n) is 12.1. The van der Waals surface area contributed by atoms with Gasteiger partial charge in [-0.1, -0.05) is 6.07 Å². The zero-order valence-electron chi connectivity index (χ0n) is 20.2. The number of hydrogen-bond donors (Lipinski definition) is 2. The van der Waals surface area contributed by atoms with Gasteiger partial charge in [-0.05, 0) is 82.0 Å². The number of ether oxygens (including phenoxy) is 2. The molecule has 1 aliphatic rings. The minimum absolute atomic E-state index is 0.0415. The van der Waals surface area contributed by atoms with Crippen LogP contribution in [-0.4, -0.2) is 42.7 Å². The van der Waals surface area contributed by atoms with Crippen molar-refractivity contribution in [1.29, 1.82) is 0 Å². The van der Waals surface area contributed by atoms with Crippen LogP contribution >= 0.6 is 0 Å². The highest BCUT2D eigenvalue weighted by molar-refractivity contribution is 5.93. The molecule has 2 atom stereocenters. The number of benzene rings is 2. The number of aliphatic hydroxyl groups is 1. The second-order valence-electron chi connectivity index (χ2n) is 9.18. The molecule has 0 aliphatic carbocycles. The van der Waals surface area contributed by atoms with Gasteiger partial charge in [-0.3, -0.25) is 0 Å². The van der Waals surface area contributed by atoms with Crippen LogP contribution < -0.4 is 4.74 Å². The van der Waals surface area contributed by atoms with Crippen molar-refractivity contribution >= 4 is 10.9 Å². The van der Waals surface area contributed by atoms with E-state index in [0.717, 1.165) is 35.9 Å². The molecular formula is C27H30N4O4. The summed E-state index contributed by atoms with van der Waals surface area (Å²) in [4.78, 5) is 9.28. The highest BCUT2D eigenvalue weighted by Crippen LogP contribution is 2.36. The lowest BCUT2D eigenvalue weighted by Gasteiger charge is -2.23. The highest BCUT2D eigenvalue weighted by Gasteiger charge is 2.23. The molecule has 1 saturated heterocycles. The van der Waals surface area contributed by atoms with Crippen LogP contribution in [0.1, 0.15) is 57.9 Å². The van der Waals surface area contributed by atoms with Crippen molar-refractivity contribution in [2.75, 3.05) is 6.61 Å². The van der Waals surface area contributed by atoms with Crippen LogP contribution in [0.5, 0.6) is 11.5 Å². The lowest BCUT2D eigenvalue weighted by atomic mass is 10.0. The van der Waals surface area contributed by atoms with Gasteiger partial charge in [0.25, 0.3) is 0 Å². The third-order valence-electron chi connectivity index (χ3n) is 6.13. The third kappa shape index (κ3) is 4.72. The molecule has 2 unspecified atom stereocenters. The van der Waals surface area contributed by atoms with Crippen LogP contribution in [0.2, 0.25) is 0 Å². The average molecular weight is 475 g/mol. The summed E-state index contributed by atoms with van der Waals surface area (Å²) in [5.74, 6) is 1.25. The SMILES string of the molecule is CC(C)Oc1ccc2c(c1)c(-c1nccc(-c3ccc(C(C)O)cc3O)n1)nn2C1CCCCO1. The second kappa shape index (κ2) is 9.64. The van der Waals surface area contributed by atoms with Crippen molar-refractivity contribution in [1.82, 2.24) is 19.7 Å². The Morgan fingerprint density at radius 1 is 1.09 bits per heavy atom. The largest absolute Gasteiger partial charge is 0.507 e. The highest BCUT2D eigenvalue weighted by atomic mass is 16.5. The van der Waals surface area contributed by atoms with Gasteiger partial charge >= 0.3 is 0 Å². The molecule has 35 heavy (non-hydrogen) atoms. The Balaban J connectivity index is 1.62. The van der Waals surface area contributed by atoms with E-state index in [4.69, 9.17) is 19.6 Å². The maximum atomic E-state index is 10.6. The molecule has 2 aromatic carbocycles. The van der Waals surface area contributed by atoms with Crippen molar-refractivity contribution in [3.8, 4) is 34.3 Å². The van der Waals surface area contributed by atoms with Crippen LogP contribution in [-0.2, 0) is 4.74 Å². The number of hydrogen-bond acceptors (Lipinski definition) is 7. The first-order valence-corrected chi connectivity index (χ1v) is 12.1. The van der Waals surface area contributed by atoms with Crippen LogP contribution in [0.4, 0.5) is 0 Å². The summed E-state index contributed by atoms with van der Waals surface area (Å²) in [5.41, 5.74) is 3.32. The van der Waals surface area contributed by atoms with E-state index in [1.807, 2.05) is 36.7 Å². The minimum Gasteiger partial charge on any atom is -0.507 e. The van der Waals surface area contributed by atoms with E-state index < -0.39 is 6.10 Å². The Labute approximate surface area is 204 Å². The Morgan fingerprint density at radius 3 is 2.66 bits per heavy atom. The Morgan fingerprint density at radius 2 is 1.94 bits per heavy atom. The lowest BCUT2D eigenvalue weighted by molar-refractivity contribution is -0.0365. The number of nitrogens with zero attached hydrogens (tertiary/aromatic N) is 4. The zero-order chi connectivity index (χ0) is 24.5. The molecule has 3 heterocycles. The third-order valence-corrected chi connectivity index (χ3v) is 6.13. The van der Waals surface area contributed by atoms with Crippen molar-refractivity contribution in [2.24, 2.45) is 0 Å². The van der Waals surface area contributed by atoms with Gasteiger partial charge in [0.05, 0.1) is 23.4 Å². The molecule has 0 radical (unpaired) electrons. The molecule has 0 spiro atoms. The molecule has 1 fully saturated rings. The van der Waals surface area contributed by atoms with Gasteiger partial charge in [-0.2, -0.15) is 5.10 Å². The smallest absolute Gasteiger partial charge is 0.181 e. The van der Waals surface area contributed by atoms with Gasteiger partial charge in [-0.15, -0.1) is 0 Å². The van der Waals surface area contributed by atoms with Crippen molar-refractivity contribution in [2.45, 2.75) is 58.5 Å². The minimum atomic E-state index is -0.671. The van der Waals surface area contributed by atoms with Crippen molar-refractivity contribution < 1.29 is 19.7 Å². The van der Waals surface area contributed by atoms with E-state index in [1.165, 1.54) is 0 Å². The molecule has 5 rings (SSSR count). The Hall–Kier alpha value is -3.49. The monoisotopic (exact) mass is 474 g/mol. The summed E-state index contributed by atoms with van der Waals surface area (Å²) in [6.45, 7) is 6.36. The summed E-state index contributed by atoms with van der Waals surface area (Å²) >= 11 is 0. The van der Waals surface area contributed by atoms with Crippen molar-refractivity contribution in [3.63, 3.8) is 0 Å². The summed E-state index contributed by atoms with van der Waals surface area (Å²) < 4.78 is 13.9. The Bertz CT molecular complexity index is 1340. The van der Waals surface area contributed by atoms with E-state index in [0.29, 0.717) is 34.9 Å². The number of rotatable bonds is 6. The van der Waals surface area contributed by atoms with Crippen LogP contribution in [0.15, 0.2) is 48.7 Å². The summed E-state index contributed by atoms with van der Waals surface area (Å²) in [6, 6.07) is 12.8. The molecule has 8 nitrogen and oxygen atoms in total. The van der Waals surface area contributed by atoms with E-state index in [1.54, 1.807) is 37.4 Å². The van der Waals surface area contributed by atoms with Crippen LogP contribution in [0.3, 0.4) is 0 Å². The molecule has 182 valence electrons. The van der Waals surface area contributed by atoms with Crippen LogP contribution in [0, 0.1) is 0 Å². The normalized spacial score (nSPS) is 17.1. The number of aromatic hydroxyl groups is 1. The summed E-state index contributed by atoms with van der Waals surface area (Å²) in [6.07, 6.45) is 3.93. The second-order valence-corrected chi connectivity index (χ2v) is 9.18. The van der Waals surface area contributed by atoms with Gasteiger partial charge < -0.3 is 19.7 Å². The van der Waals surface area contributed by atoms with Gasteiger partial charge in [0.2, 0.25) is 0 Å². The molecule has 2 aromatic heterocycles. The van der Waals surface area contributed by atoms with Gasteiger partial charge in [-0.25, -0.2) is 14.6 Å². The average Bonchev–Trinajstić information content (AvgIpc) is 3.23. The number of aromatic nitrogens is 4. The van der Waals surface area contributed by atoms with E-state index in [2.05, 4.69) is 4.98 Å². The number of fused-ring (bicyclic) bond motifs is 1. The first-order chi connectivity index (χ1) is 16.9. The quantitative estimate of drug-likeness (QED) is 0.385. The van der Waals surface area contributed by atoms with E-state index in [9.17, 15) is 10.2 Å². The van der Waals surface area contributed by atoms with E-state index >= 15 is 0 Å². The van der Waals surface area contributed by atoms with Gasteiger partial charge in [0.15, 0.2) is 12.1 Å². The predicted molar refractivity (Wildman–Crippen MR) is 133 cm³/mol.